The van der Waals surface area contributed by atoms with Crippen LogP contribution in [-0.2, 0) is 23.4 Å². The van der Waals surface area contributed by atoms with Crippen LogP contribution in [0, 0.1) is 0 Å². The van der Waals surface area contributed by atoms with Crippen LogP contribution in [0.25, 0.3) is 0 Å². The number of carbonyl (C=O) groups excluding carboxylic acids is 1. The van der Waals surface area contributed by atoms with E-state index in [0.29, 0.717) is 0 Å². The lowest BCUT2D eigenvalue weighted by atomic mass is 9.93. The first-order chi connectivity index (χ1) is 18.0. The smallest absolute Gasteiger partial charge is 0.459 e. The molecule has 0 amide bonds. The third-order valence-electron chi connectivity index (χ3n) is 6.60. The summed E-state index contributed by atoms with van der Waals surface area (Å²) >= 11 is 0. The first-order valence-electron chi connectivity index (χ1n) is 12.4. The molecule has 1 saturated heterocycles. The highest BCUT2D eigenvalue weighted by molar-refractivity contribution is 7.52. The standard InChI is InChI=1S/C24H33N4O9P/c1-15(21(31)35-16-8-6-7-9-16)27-38(33,37-17-10-4-3-5-11-17)34-14-18-20(30)24(2,25)22(36-18)28-13-12-19(29)26-23(28)32/h3-5,10-13,15-16,18,20,22,30H,6-9,14,25H2,1-2H3,(H,27,33)(H,26,29,32)/t15-,18+,20+,22+,24+,38?/m0/s1. The van der Waals surface area contributed by atoms with Gasteiger partial charge in [-0.2, -0.15) is 5.09 Å². The van der Waals surface area contributed by atoms with Crippen molar-refractivity contribution in [3.8, 4) is 5.75 Å². The summed E-state index contributed by atoms with van der Waals surface area (Å²) in [5, 5.41) is 13.5. The number of aliphatic hydroxyl groups is 1. The Morgan fingerprint density at radius 1 is 1.29 bits per heavy atom. The summed E-state index contributed by atoms with van der Waals surface area (Å²) in [6.07, 6.45) is 0.879. The van der Waals surface area contributed by atoms with E-state index < -0.39 is 61.6 Å². The number of esters is 1. The fourth-order valence-corrected chi connectivity index (χ4v) is 5.99. The topological polar surface area (TPSA) is 184 Å². The molecule has 0 spiro atoms. The van der Waals surface area contributed by atoms with Gasteiger partial charge in [-0.05, 0) is 51.7 Å². The molecular weight excluding hydrogens is 519 g/mol. The normalized spacial score (nSPS) is 28.1. The van der Waals surface area contributed by atoms with E-state index in [1.807, 2.05) is 0 Å². The van der Waals surface area contributed by atoms with Crippen LogP contribution in [0.1, 0.15) is 45.8 Å². The van der Waals surface area contributed by atoms with Gasteiger partial charge >= 0.3 is 19.4 Å². The van der Waals surface area contributed by atoms with Crippen LogP contribution in [0.3, 0.4) is 0 Å². The maximum absolute atomic E-state index is 13.8. The zero-order valence-corrected chi connectivity index (χ0v) is 22.0. The Bertz CT molecular complexity index is 1280. The number of nitrogens with one attached hydrogen (secondary N) is 2. The van der Waals surface area contributed by atoms with Crippen molar-refractivity contribution in [1.29, 1.82) is 0 Å². The lowest BCUT2D eigenvalue weighted by molar-refractivity contribution is -0.150. The van der Waals surface area contributed by atoms with Gasteiger partial charge in [-0.3, -0.25) is 23.7 Å². The lowest BCUT2D eigenvalue weighted by Crippen LogP contribution is -2.53. The highest BCUT2D eigenvalue weighted by Gasteiger charge is 2.52. The van der Waals surface area contributed by atoms with Crippen molar-refractivity contribution in [1.82, 2.24) is 14.6 Å². The minimum Gasteiger partial charge on any atom is -0.461 e. The quantitative estimate of drug-likeness (QED) is 0.245. The van der Waals surface area contributed by atoms with E-state index in [4.69, 9.17) is 24.3 Å². The van der Waals surface area contributed by atoms with Crippen molar-refractivity contribution in [2.45, 2.75) is 75.7 Å². The Hall–Kier alpha value is -2.80. The van der Waals surface area contributed by atoms with Gasteiger partial charge in [-0.1, -0.05) is 18.2 Å². The molecule has 1 aliphatic carbocycles. The summed E-state index contributed by atoms with van der Waals surface area (Å²) in [6.45, 7) is 2.49. The SMILES string of the molecule is C[C@H](NP(=O)(OC[C@H]1O[C@@H](n2ccc(=O)[nH]c2=O)[C@](C)(N)[C@@H]1O)Oc1ccccc1)C(=O)OC1CCCC1. The molecule has 0 bridgehead atoms. The van der Waals surface area contributed by atoms with Crippen LogP contribution in [0.4, 0.5) is 0 Å². The van der Waals surface area contributed by atoms with Crippen LogP contribution < -0.4 is 26.6 Å². The predicted molar refractivity (Wildman–Crippen MR) is 135 cm³/mol. The number of aromatic amines is 1. The highest BCUT2D eigenvalue weighted by Crippen LogP contribution is 2.46. The monoisotopic (exact) mass is 552 g/mol. The number of para-hydroxylation sites is 1. The van der Waals surface area contributed by atoms with Crippen molar-refractivity contribution in [3.05, 3.63) is 63.4 Å². The molecule has 1 aliphatic heterocycles. The van der Waals surface area contributed by atoms with E-state index in [2.05, 4.69) is 10.1 Å². The number of hydrogen-bond donors (Lipinski definition) is 4. The van der Waals surface area contributed by atoms with Gasteiger partial charge in [0.1, 0.15) is 30.1 Å². The largest absolute Gasteiger partial charge is 0.461 e. The van der Waals surface area contributed by atoms with E-state index in [0.717, 1.165) is 36.3 Å². The molecule has 13 nitrogen and oxygen atoms in total. The highest BCUT2D eigenvalue weighted by atomic mass is 31.2. The van der Waals surface area contributed by atoms with E-state index in [1.165, 1.54) is 20.0 Å². The Labute approximate surface area is 218 Å². The second-order valence-corrected chi connectivity index (χ2v) is 11.4. The zero-order valence-electron chi connectivity index (χ0n) is 21.1. The fourth-order valence-electron chi connectivity index (χ4n) is 4.48. The molecule has 2 aliphatic rings. The van der Waals surface area contributed by atoms with Gasteiger partial charge in [0, 0.05) is 12.3 Å². The van der Waals surface area contributed by atoms with Crippen LogP contribution in [0.5, 0.6) is 5.75 Å². The molecule has 1 aromatic carbocycles. The molecule has 38 heavy (non-hydrogen) atoms. The van der Waals surface area contributed by atoms with Crippen molar-refractivity contribution >= 4 is 13.7 Å². The average Bonchev–Trinajstić information content (AvgIpc) is 3.45. The number of aliphatic hydroxyl groups excluding tert-OH is 1. The van der Waals surface area contributed by atoms with E-state index in [1.54, 1.807) is 30.3 Å². The van der Waals surface area contributed by atoms with Gasteiger partial charge in [0.25, 0.3) is 5.56 Å². The number of aromatic nitrogens is 2. The molecule has 208 valence electrons. The number of rotatable bonds is 10. The Kier molecular flexibility index (Phi) is 8.55. The molecule has 1 saturated carbocycles. The van der Waals surface area contributed by atoms with Crippen LogP contribution >= 0.6 is 7.75 Å². The number of hydrogen-bond acceptors (Lipinski definition) is 10. The number of nitrogens with two attached hydrogens (primary N) is 1. The fraction of sp³-hybridized carbons (Fsp3) is 0.542. The lowest BCUT2D eigenvalue weighted by Gasteiger charge is -2.28. The second-order valence-electron chi connectivity index (χ2n) is 9.75. The maximum Gasteiger partial charge on any atom is 0.459 e. The third kappa shape index (κ3) is 6.42. The summed E-state index contributed by atoms with van der Waals surface area (Å²) in [6, 6.07) is 8.31. The van der Waals surface area contributed by atoms with Crippen LogP contribution in [0.2, 0.25) is 0 Å². The molecule has 6 atom stereocenters. The van der Waals surface area contributed by atoms with E-state index in [9.17, 15) is 24.1 Å². The molecule has 4 rings (SSSR count). The van der Waals surface area contributed by atoms with E-state index in [-0.39, 0.29) is 11.9 Å². The van der Waals surface area contributed by atoms with Crippen molar-refractivity contribution in [3.63, 3.8) is 0 Å². The van der Waals surface area contributed by atoms with Crippen molar-refractivity contribution in [2.75, 3.05) is 6.61 Å². The Balaban J connectivity index is 1.49. The summed E-state index contributed by atoms with van der Waals surface area (Å²) < 4.78 is 37.4. The molecule has 5 N–H and O–H groups in total. The van der Waals surface area contributed by atoms with Gasteiger partial charge in [0.05, 0.1) is 12.1 Å². The number of ether oxygens (including phenoxy) is 2. The number of carbonyl (C=O) groups is 1. The number of H-pyrrole nitrogens is 1. The minimum atomic E-state index is -4.22. The molecule has 14 heteroatoms. The van der Waals surface area contributed by atoms with Gasteiger partial charge in [0.2, 0.25) is 0 Å². The average molecular weight is 553 g/mol. The van der Waals surface area contributed by atoms with E-state index >= 15 is 0 Å². The summed E-state index contributed by atoms with van der Waals surface area (Å²) in [5.74, 6) is -0.379. The van der Waals surface area contributed by atoms with Crippen molar-refractivity contribution in [2.24, 2.45) is 5.73 Å². The molecule has 1 unspecified atom stereocenters. The minimum absolute atomic E-state index is 0.181. The summed E-state index contributed by atoms with van der Waals surface area (Å²) in [7, 11) is -4.22. The first-order valence-corrected chi connectivity index (χ1v) is 13.9. The summed E-state index contributed by atoms with van der Waals surface area (Å²) in [4.78, 5) is 38.5. The van der Waals surface area contributed by atoms with Crippen molar-refractivity contribution < 1.29 is 33.0 Å². The van der Waals surface area contributed by atoms with Gasteiger partial charge in [-0.15, -0.1) is 0 Å². The molecular formula is C24H33N4O9P. The Morgan fingerprint density at radius 3 is 2.63 bits per heavy atom. The Morgan fingerprint density at radius 2 is 1.97 bits per heavy atom. The van der Waals surface area contributed by atoms with Gasteiger partial charge in [0.15, 0.2) is 6.23 Å². The van der Waals surface area contributed by atoms with Crippen LogP contribution in [-0.4, -0.2) is 57.1 Å². The van der Waals surface area contributed by atoms with Gasteiger partial charge in [-0.25, -0.2) is 9.36 Å². The first kappa shape index (κ1) is 28.2. The third-order valence-corrected chi connectivity index (χ3v) is 8.24. The number of benzene rings is 1. The number of nitrogens with zero attached hydrogens (tertiary/aromatic N) is 1. The predicted octanol–water partition coefficient (Wildman–Crippen LogP) is 1.18. The zero-order chi connectivity index (χ0) is 27.5. The molecule has 2 aromatic rings. The molecule has 2 fully saturated rings. The molecule has 2 heterocycles. The van der Waals surface area contributed by atoms with Crippen LogP contribution in [0.15, 0.2) is 52.2 Å². The molecule has 1 aromatic heterocycles. The summed E-state index contributed by atoms with van der Waals surface area (Å²) in [5.41, 5.74) is 3.44. The van der Waals surface area contributed by atoms with Gasteiger partial charge < -0.3 is 24.8 Å². The second kappa shape index (κ2) is 11.5. The molecule has 0 radical (unpaired) electrons. The maximum atomic E-state index is 13.8.